The molecule has 1 amide bonds. The summed E-state index contributed by atoms with van der Waals surface area (Å²) >= 11 is 0. The molecule has 0 aromatic heterocycles. The second-order valence-corrected chi connectivity index (χ2v) is 8.42. The van der Waals surface area contributed by atoms with Gasteiger partial charge in [0.1, 0.15) is 12.4 Å². The van der Waals surface area contributed by atoms with Gasteiger partial charge in [-0.3, -0.25) is 4.79 Å². The zero-order valence-electron chi connectivity index (χ0n) is 16.7. The van der Waals surface area contributed by atoms with E-state index in [-0.39, 0.29) is 22.9 Å². The molecule has 0 fully saturated rings. The smallest absolute Gasteiger partial charge is 0.251 e. The lowest BCUT2D eigenvalue weighted by Crippen LogP contribution is -2.25. The molecule has 0 aliphatic carbocycles. The van der Waals surface area contributed by atoms with Crippen LogP contribution >= 0.6 is 0 Å². The highest BCUT2D eigenvalue weighted by Crippen LogP contribution is 2.13. The van der Waals surface area contributed by atoms with E-state index >= 15 is 0 Å². The van der Waals surface area contributed by atoms with Crippen molar-refractivity contribution in [3.63, 3.8) is 0 Å². The Morgan fingerprint density at radius 1 is 0.935 bits per heavy atom. The Morgan fingerprint density at radius 2 is 1.65 bits per heavy atom. The number of para-hydroxylation sites is 1. The van der Waals surface area contributed by atoms with Crippen molar-refractivity contribution < 1.29 is 17.9 Å². The molecule has 31 heavy (non-hydrogen) atoms. The maximum absolute atomic E-state index is 12.5. The Kier molecular flexibility index (Phi) is 7.44. The van der Waals surface area contributed by atoms with Crippen LogP contribution in [0.4, 0.5) is 0 Å². The van der Waals surface area contributed by atoms with E-state index in [1.54, 1.807) is 6.07 Å². The van der Waals surface area contributed by atoms with Gasteiger partial charge < -0.3 is 10.1 Å². The van der Waals surface area contributed by atoms with Crippen molar-refractivity contribution in [3.8, 4) is 18.1 Å². The fraction of sp³-hybridized carbons (Fsp3) is 0.125. The van der Waals surface area contributed by atoms with Crippen molar-refractivity contribution in [1.82, 2.24) is 10.0 Å². The average molecular weight is 435 g/mol. The number of sulfonamides is 1. The molecule has 0 unspecified atom stereocenters. The Labute approximate surface area is 182 Å². The fourth-order valence-corrected chi connectivity index (χ4v) is 3.73. The lowest BCUT2D eigenvalue weighted by molar-refractivity contribution is 0.0950. The number of carbonyl (C=O) groups excluding carboxylic acids is 1. The second kappa shape index (κ2) is 10.4. The van der Waals surface area contributed by atoms with Crippen molar-refractivity contribution in [2.24, 2.45) is 0 Å². The van der Waals surface area contributed by atoms with Crippen molar-refractivity contribution in [1.29, 1.82) is 0 Å². The highest BCUT2D eigenvalue weighted by molar-refractivity contribution is 7.89. The molecule has 0 saturated carbocycles. The van der Waals surface area contributed by atoms with Crippen molar-refractivity contribution >= 4 is 15.9 Å². The van der Waals surface area contributed by atoms with Crippen LogP contribution in [0.25, 0.3) is 0 Å². The van der Waals surface area contributed by atoms with Gasteiger partial charge in [0.25, 0.3) is 5.91 Å². The van der Waals surface area contributed by atoms with Gasteiger partial charge in [-0.1, -0.05) is 54.5 Å². The first-order valence-electron chi connectivity index (χ1n) is 9.55. The van der Waals surface area contributed by atoms with Gasteiger partial charge in [-0.05, 0) is 41.5 Å². The average Bonchev–Trinajstić information content (AvgIpc) is 2.81. The summed E-state index contributed by atoms with van der Waals surface area (Å²) < 4.78 is 32.3. The fourth-order valence-electron chi connectivity index (χ4n) is 2.75. The van der Waals surface area contributed by atoms with Crippen LogP contribution in [0.1, 0.15) is 21.5 Å². The maximum atomic E-state index is 12.5. The molecule has 0 aliphatic rings. The van der Waals surface area contributed by atoms with Crippen molar-refractivity contribution in [2.75, 3.05) is 6.54 Å². The number of carbonyl (C=O) groups is 1. The standard InChI is InChI=1S/C24H22N2O4S/c1-2-15-26-31(28,29)23-10-6-7-21(16-23)24(27)25-17-19-11-13-20(14-12-19)18-30-22-8-4-3-5-9-22/h1,3-14,16,26H,15,17-18H2,(H,25,27). The number of hydrogen-bond acceptors (Lipinski definition) is 4. The Hall–Kier alpha value is -3.60. The number of rotatable bonds is 9. The monoisotopic (exact) mass is 434 g/mol. The van der Waals surface area contributed by atoms with E-state index in [0.717, 1.165) is 16.9 Å². The molecule has 2 N–H and O–H groups in total. The van der Waals surface area contributed by atoms with Crippen LogP contribution in [-0.2, 0) is 23.2 Å². The third-order valence-corrected chi connectivity index (χ3v) is 5.79. The summed E-state index contributed by atoms with van der Waals surface area (Å²) in [5.41, 5.74) is 2.17. The van der Waals surface area contributed by atoms with E-state index in [2.05, 4.69) is 16.0 Å². The van der Waals surface area contributed by atoms with E-state index in [1.807, 2.05) is 54.6 Å². The number of amides is 1. The summed E-state index contributed by atoms with van der Waals surface area (Å²) in [5, 5.41) is 2.80. The molecule has 3 aromatic carbocycles. The molecule has 7 heteroatoms. The molecule has 0 aliphatic heterocycles. The van der Waals surface area contributed by atoms with Crippen LogP contribution in [-0.4, -0.2) is 20.9 Å². The van der Waals surface area contributed by atoms with Gasteiger partial charge in [0.15, 0.2) is 0 Å². The summed E-state index contributed by atoms with van der Waals surface area (Å²) in [6, 6.07) is 23.1. The minimum absolute atomic E-state index is 0.0156. The van der Waals surface area contributed by atoms with Gasteiger partial charge in [-0.15, -0.1) is 6.42 Å². The van der Waals surface area contributed by atoms with Crippen molar-refractivity contribution in [3.05, 3.63) is 95.6 Å². The van der Waals surface area contributed by atoms with Crippen LogP contribution in [0.3, 0.4) is 0 Å². The van der Waals surface area contributed by atoms with Gasteiger partial charge in [0.2, 0.25) is 10.0 Å². The molecule has 6 nitrogen and oxygen atoms in total. The molecule has 0 spiro atoms. The summed E-state index contributed by atoms with van der Waals surface area (Å²) in [6.07, 6.45) is 5.09. The summed E-state index contributed by atoms with van der Waals surface area (Å²) in [4.78, 5) is 12.4. The van der Waals surface area contributed by atoms with Gasteiger partial charge in [-0.2, -0.15) is 4.72 Å². The molecule has 0 saturated heterocycles. The number of ether oxygens (including phenoxy) is 1. The van der Waals surface area contributed by atoms with Gasteiger partial charge >= 0.3 is 0 Å². The maximum Gasteiger partial charge on any atom is 0.251 e. The topological polar surface area (TPSA) is 84.5 Å². The summed E-state index contributed by atoms with van der Waals surface area (Å²) in [6.45, 7) is 0.641. The summed E-state index contributed by atoms with van der Waals surface area (Å²) in [7, 11) is -3.76. The van der Waals surface area contributed by atoms with Gasteiger partial charge in [-0.25, -0.2) is 8.42 Å². The predicted octanol–water partition coefficient (Wildman–Crippen LogP) is 3.11. The minimum Gasteiger partial charge on any atom is -0.489 e. The van der Waals surface area contributed by atoms with Gasteiger partial charge in [0.05, 0.1) is 11.4 Å². The largest absolute Gasteiger partial charge is 0.489 e. The number of hydrogen-bond donors (Lipinski definition) is 2. The van der Waals surface area contributed by atoms with E-state index in [0.29, 0.717) is 13.2 Å². The lowest BCUT2D eigenvalue weighted by atomic mass is 10.1. The van der Waals surface area contributed by atoms with Crippen LogP contribution in [0.15, 0.2) is 83.8 Å². The lowest BCUT2D eigenvalue weighted by Gasteiger charge is -2.09. The Morgan fingerprint density at radius 3 is 2.35 bits per heavy atom. The zero-order valence-corrected chi connectivity index (χ0v) is 17.6. The molecule has 0 bridgehead atoms. The number of benzene rings is 3. The molecule has 158 valence electrons. The van der Waals surface area contributed by atoms with Crippen LogP contribution < -0.4 is 14.8 Å². The molecular weight excluding hydrogens is 412 g/mol. The third-order valence-electron chi connectivity index (χ3n) is 4.40. The SMILES string of the molecule is C#CCNS(=O)(=O)c1cccc(C(=O)NCc2ccc(COc3ccccc3)cc2)c1. The molecule has 0 atom stereocenters. The third kappa shape index (κ3) is 6.44. The first-order valence-corrected chi connectivity index (χ1v) is 11.0. The quantitative estimate of drug-likeness (QED) is 0.507. The second-order valence-electron chi connectivity index (χ2n) is 6.66. The predicted molar refractivity (Wildman–Crippen MR) is 119 cm³/mol. The van der Waals surface area contributed by atoms with E-state index in [9.17, 15) is 13.2 Å². The molecule has 3 rings (SSSR count). The van der Waals surface area contributed by atoms with E-state index in [1.165, 1.54) is 18.2 Å². The Bertz CT molecular complexity index is 1170. The molecule has 3 aromatic rings. The number of terminal acetylenes is 1. The van der Waals surface area contributed by atoms with Crippen LogP contribution in [0, 0.1) is 12.3 Å². The van der Waals surface area contributed by atoms with Crippen molar-refractivity contribution in [2.45, 2.75) is 18.0 Å². The summed E-state index contributed by atoms with van der Waals surface area (Å²) in [5.74, 6) is 2.65. The molecule has 0 heterocycles. The van der Waals surface area contributed by atoms with Gasteiger partial charge in [0, 0.05) is 12.1 Å². The highest BCUT2D eigenvalue weighted by Gasteiger charge is 2.15. The normalized spacial score (nSPS) is 10.8. The first kappa shape index (κ1) is 22.1. The van der Waals surface area contributed by atoms with Crippen LogP contribution in [0.5, 0.6) is 5.75 Å². The van der Waals surface area contributed by atoms with E-state index in [4.69, 9.17) is 11.2 Å². The molecular formula is C24H22N2O4S. The number of nitrogens with one attached hydrogen (secondary N) is 2. The van der Waals surface area contributed by atoms with Crippen LogP contribution in [0.2, 0.25) is 0 Å². The zero-order chi connectivity index (χ0) is 22.1. The molecule has 0 radical (unpaired) electrons. The Balaban J connectivity index is 1.56. The van der Waals surface area contributed by atoms with E-state index < -0.39 is 10.0 Å². The highest BCUT2D eigenvalue weighted by atomic mass is 32.2. The minimum atomic E-state index is -3.76. The first-order chi connectivity index (χ1) is 15.0.